The lowest BCUT2D eigenvalue weighted by Crippen LogP contribution is -1.98. The Bertz CT molecular complexity index is 685. The summed E-state index contributed by atoms with van der Waals surface area (Å²) >= 11 is 6.06. The highest BCUT2D eigenvalue weighted by Crippen LogP contribution is 2.36. The number of nitro groups is 1. The van der Waals surface area contributed by atoms with Crippen molar-refractivity contribution in [3.63, 3.8) is 0 Å². The monoisotopic (exact) mass is 307 g/mol. The minimum absolute atomic E-state index is 0.0788. The van der Waals surface area contributed by atoms with Crippen LogP contribution in [0.4, 0.5) is 5.69 Å². The highest BCUT2D eigenvalue weighted by molar-refractivity contribution is 6.32. The molecule has 2 aromatic rings. The second kappa shape index (κ2) is 6.11. The van der Waals surface area contributed by atoms with Gasteiger partial charge in [-0.1, -0.05) is 23.7 Å². The van der Waals surface area contributed by atoms with E-state index in [9.17, 15) is 15.2 Å². The van der Waals surface area contributed by atoms with E-state index in [0.717, 1.165) is 5.56 Å². The second-order valence-corrected chi connectivity index (χ2v) is 5.10. The van der Waals surface area contributed by atoms with Gasteiger partial charge in [0.05, 0.1) is 16.0 Å². The van der Waals surface area contributed by atoms with Gasteiger partial charge in [-0.15, -0.1) is 0 Å². The lowest BCUT2D eigenvalue weighted by atomic mass is 10.1. The number of hydrogen-bond donors (Lipinski definition) is 1. The normalized spacial score (nSPS) is 12.0. The largest absolute Gasteiger partial charge is 0.449 e. The number of aliphatic hydroxyl groups excluding tert-OH is 1. The van der Waals surface area contributed by atoms with Gasteiger partial charge in [0, 0.05) is 6.07 Å². The quantitative estimate of drug-likeness (QED) is 0.671. The van der Waals surface area contributed by atoms with Crippen LogP contribution in [-0.4, -0.2) is 10.0 Å². The van der Waals surface area contributed by atoms with Crippen molar-refractivity contribution in [2.45, 2.75) is 20.0 Å². The number of benzene rings is 2. The van der Waals surface area contributed by atoms with Crippen LogP contribution in [0.3, 0.4) is 0 Å². The lowest BCUT2D eigenvalue weighted by molar-refractivity contribution is -0.385. The SMILES string of the molecule is Cc1ccc(Oc2ccc(C(C)O)cc2[N+](=O)[O-])c(Cl)c1. The van der Waals surface area contributed by atoms with E-state index >= 15 is 0 Å². The summed E-state index contributed by atoms with van der Waals surface area (Å²) in [4.78, 5) is 10.6. The molecule has 5 nitrogen and oxygen atoms in total. The Morgan fingerprint density at radius 1 is 1.24 bits per heavy atom. The lowest BCUT2D eigenvalue weighted by Gasteiger charge is -2.10. The maximum Gasteiger partial charge on any atom is 0.311 e. The standard InChI is InChI=1S/C15H14ClNO4/c1-9-3-5-14(12(16)7-9)21-15-6-4-11(10(2)18)8-13(15)17(19)20/h3-8,10,18H,1-2H3. The molecular formula is C15H14ClNO4. The molecule has 21 heavy (non-hydrogen) atoms. The molecular weight excluding hydrogens is 294 g/mol. The maximum atomic E-state index is 11.1. The van der Waals surface area contributed by atoms with Gasteiger partial charge >= 0.3 is 5.69 Å². The average molecular weight is 308 g/mol. The van der Waals surface area contributed by atoms with Crippen LogP contribution in [0.25, 0.3) is 0 Å². The Hall–Kier alpha value is -2.11. The number of aryl methyl sites for hydroxylation is 1. The first-order valence-corrected chi connectivity index (χ1v) is 6.66. The summed E-state index contributed by atoms with van der Waals surface area (Å²) < 4.78 is 5.54. The molecule has 0 fully saturated rings. The third-order valence-corrected chi connectivity index (χ3v) is 3.26. The fraction of sp³-hybridized carbons (Fsp3) is 0.200. The Balaban J connectivity index is 2.41. The number of nitrogens with zero attached hydrogens (tertiary/aromatic N) is 1. The van der Waals surface area contributed by atoms with E-state index in [4.69, 9.17) is 16.3 Å². The van der Waals surface area contributed by atoms with Crippen LogP contribution in [0, 0.1) is 17.0 Å². The number of halogens is 1. The highest BCUT2D eigenvalue weighted by atomic mass is 35.5. The highest BCUT2D eigenvalue weighted by Gasteiger charge is 2.19. The Morgan fingerprint density at radius 3 is 2.48 bits per heavy atom. The van der Waals surface area contributed by atoms with Crippen molar-refractivity contribution in [3.8, 4) is 11.5 Å². The number of hydrogen-bond acceptors (Lipinski definition) is 4. The Kier molecular flexibility index (Phi) is 4.45. The molecule has 0 saturated heterocycles. The van der Waals surface area contributed by atoms with Crippen LogP contribution in [0.5, 0.6) is 11.5 Å². The summed E-state index contributed by atoms with van der Waals surface area (Å²) in [5, 5.41) is 21.0. The van der Waals surface area contributed by atoms with E-state index in [-0.39, 0.29) is 11.4 Å². The molecule has 1 N–H and O–H groups in total. The first-order chi connectivity index (χ1) is 9.88. The zero-order valence-electron chi connectivity index (χ0n) is 11.5. The molecule has 0 aromatic heterocycles. The Labute approximate surface area is 126 Å². The van der Waals surface area contributed by atoms with Gasteiger partial charge in [-0.2, -0.15) is 0 Å². The molecule has 6 heteroatoms. The van der Waals surface area contributed by atoms with Gasteiger partial charge < -0.3 is 9.84 Å². The molecule has 0 saturated carbocycles. The van der Waals surface area contributed by atoms with Gasteiger partial charge in [0.25, 0.3) is 0 Å². The predicted octanol–water partition coefficient (Wildman–Crippen LogP) is 4.40. The van der Waals surface area contributed by atoms with Gasteiger partial charge in [-0.05, 0) is 43.2 Å². The van der Waals surface area contributed by atoms with Crippen molar-refractivity contribution in [2.24, 2.45) is 0 Å². The molecule has 0 aliphatic rings. The first kappa shape index (κ1) is 15.3. The van der Waals surface area contributed by atoms with E-state index in [2.05, 4.69) is 0 Å². The topological polar surface area (TPSA) is 72.6 Å². The van der Waals surface area contributed by atoms with Gasteiger partial charge in [-0.25, -0.2) is 0 Å². The van der Waals surface area contributed by atoms with Crippen molar-refractivity contribution in [2.75, 3.05) is 0 Å². The molecule has 0 bridgehead atoms. The van der Waals surface area contributed by atoms with E-state index in [1.807, 2.05) is 6.92 Å². The fourth-order valence-corrected chi connectivity index (χ4v) is 2.10. The zero-order valence-corrected chi connectivity index (χ0v) is 12.3. The fourth-order valence-electron chi connectivity index (χ4n) is 1.83. The van der Waals surface area contributed by atoms with Crippen LogP contribution >= 0.6 is 11.6 Å². The number of aliphatic hydroxyl groups is 1. The van der Waals surface area contributed by atoms with Gasteiger partial charge in [0.15, 0.2) is 0 Å². The molecule has 1 unspecified atom stereocenters. The number of ether oxygens (including phenoxy) is 1. The molecule has 0 aliphatic heterocycles. The summed E-state index contributed by atoms with van der Waals surface area (Å²) in [6, 6.07) is 9.50. The second-order valence-electron chi connectivity index (χ2n) is 4.70. The molecule has 0 heterocycles. The van der Waals surface area contributed by atoms with Crippen LogP contribution in [-0.2, 0) is 0 Å². The first-order valence-electron chi connectivity index (χ1n) is 6.29. The van der Waals surface area contributed by atoms with E-state index in [1.54, 1.807) is 24.3 Å². The van der Waals surface area contributed by atoms with E-state index in [1.165, 1.54) is 19.1 Å². The third kappa shape index (κ3) is 3.51. The minimum Gasteiger partial charge on any atom is -0.449 e. The molecule has 1 atom stereocenters. The van der Waals surface area contributed by atoms with Gasteiger partial charge in [0.1, 0.15) is 5.75 Å². The minimum atomic E-state index is -0.791. The molecule has 0 radical (unpaired) electrons. The van der Waals surface area contributed by atoms with Crippen molar-refractivity contribution in [1.82, 2.24) is 0 Å². The van der Waals surface area contributed by atoms with Crippen LogP contribution in [0.1, 0.15) is 24.2 Å². The third-order valence-electron chi connectivity index (χ3n) is 2.97. The predicted molar refractivity (Wildman–Crippen MR) is 80.0 cm³/mol. The summed E-state index contributed by atoms with van der Waals surface area (Å²) in [6.45, 7) is 3.42. The van der Waals surface area contributed by atoms with Crippen molar-refractivity contribution < 1.29 is 14.8 Å². The molecule has 2 aromatic carbocycles. The summed E-state index contributed by atoms with van der Waals surface area (Å²) in [6.07, 6.45) is -0.791. The molecule has 110 valence electrons. The molecule has 2 rings (SSSR count). The smallest absolute Gasteiger partial charge is 0.311 e. The molecule has 0 spiro atoms. The average Bonchev–Trinajstić information content (AvgIpc) is 2.41. The molecule has 0 amide bonds. The number of nitro benzene ring substituents is 1. The van der Waals surface area contributed by atoms with Crippen molar-refractivity contribution in [3.05, 3.63) is 62.7 Å². The number of rotatable bonds is 4. The van der Waals surface area contributed by atoms with Gasteiger partial charge in [0.2, 0.25) is 5.75 Å². The van der Waals surface area contributed by atoms with Crippen LogP contribution < -0.4 is 4.74 Å². The summed E-state index contributed by atoms with van der Waals surface area (Å²) in [5.74, 6) is 0.422. The summed E-state index contributed by atoms with van der Waals surface area (Å²) in [5.41, 5.74) is 1.19. The molecule has 0 aliphatic carbocycles. The van der Waals surface area contributed by atoms with Crippen molar-refractivity contribution >= 4 is 17.3 Å². The summed E-state index contributed by atoms with van der Waals surface area (Å²) in [7, 11) is 0. The van der Waals surface area contributed by atoms with Crippen molar-refractivity contribution in [1.29, 1.82) is 0 Å². The van der Waals surface area contributed by atoms with Crippen LogP contribution in [0.15, 0.2) is 36.4 Å². The maximum absolute atomic E-state index is 11.1. The van der Waals surface area contributed by atoms with Gasteiger partial charge in [-0.3, -0.25) is 10.1 Å². The van der Waals surface area contributed by atoms with E-state index < -0.39 is 11.0 Å². The Morgan fingerprint density at radius 2 is 1.90 bits per heavy atom. The van der Waals surface area contributed by atoms with E-state index in [0.29, 0.717) is 16.3 Å². The van der Waals surface area contributed by atoms with Crippen LogP contribution in [0.2, 0.25) is 5.02 Å². The zero-order chi connectivity index (χ0) is 15.6.